The molecule has 0 saturated carbocycles. The van der Waals surface area contributed by atoms with Crippen molar-refractivity contribution in [3.63, 3.8) is 0 Å². The Morgan fingerprint density at radius 1 is 0.600 bits per heavy atom. The average Bonchev–Trinajstić information content (AvgIpc) is 3.98. The smallest absolute Gasteiger partial charge is 0.388 e. The molecule has 2 saturated heterocycles. The van der Waals surface area contributed by atoms with E-state index in [-0.39, 0.29) is 41.3 Å². The zero-order valence-corrected chi connectivity index (χ0v) is 44.1. The van der Waals surface area contributed by atoms with Crippen LogP contribution in [0.4, 0.5) is 17.6 Å². The van der Waals surface area contributed by atoms with Gasteiger partial charge in [-0.2, -0.15) is 5.26 Å². The fourth-order valence-electron chi connectivity index (χ4n) is 10.9. The van der Waals surface area contributed by atoms with Gasteiger partial charge < -0.3 is 8.83 Å². The normalized spacial score (nSPS) is 16.2. The number of alkyl halides is 2. The van der Waals surface area contributed by atoms with Gasteiger partial charge in [-0.3, -0.25) is 9.80 Å². The van der Waals surface area contributed by atoms with E-state index < -0.39 is 46.3 Å². The van der Waals surface area contributed by atoms with E-state index >= 15 is 8.78 Å². The number of halogens is 7. The number of hydrogen-bond acceptors (Lipinski definition) is 9. The number of aromatic nitrogens is 4. The van der Waals surface area contributed by atoms with Crippen LogP contribution in [-0.2, 0) is 0 Å². The number of hydrogen-bond donors (Lipinski definition) is 2. The van der Waals surface area contributed by atoms with Crippen LogP contribution in [0, 0.1) is 34.8 Å². The molecule has 386 valence electrons. The van der Waals surface area contributed by atoms with Crippen LogP contribution in [0.3, 0.4) is 0 Å². The lowest BCUT2D eigenvalue weighted by molar-refractivity contribution is 0.00797. The molecule has 0 bridgehead atoms. The second kappa shape index (κ2) is 21.9. The number of rotatable bonds is 14. The van der Waals surface area contributed by atoms with Crippen molar-refractivity contribution >= 4 is 39.1 Å². The Kier molecular flexibility index (Phi) is 15.6. The summed E-state index contributed by atoms with van der Waals surface area (Å²) in [5.74, 6) is -3.01. The second-order valence-corrected chi connectivity index (χ2v) is 21.9. The fraction of sp³-hybridized carbons (Fsp3) is 0.281. The number of benzene rings is 6. The van der Waals surface area contributed by atoms with Gasteiger partial charge in [-0.1, -0.05) is 87.7 Å². The maximum absolute atomic E-state index is 15.6. The third-order valence-corrected chi connectivity index (χ3v) is 14.8. The zero-order chi connectivity index (χ0) is 53.3. The number of H-pyrrole nitrogens is 2. The Balaban J connectivity index is 0.000000184. The summed E-state index contributed by atoms with van der Waals surface area (Å²) in [5.41, 5.74) is 3.33. The second-order valence-electron chi connectivity index (χ2n) is 20.1. The van der Waals surface area contributed by atoms with Gasteiger partial charge in [0.25, 0.3) is 0 Å². The van der Waals surface area contributed by atoms with Gasteiger partial charge in [0, 0.05) is 63.7 Å². The first-order chi connectivity index (χ1) is 35.7. The van der Waals surface area contributed by atoms with Gasteiger partial charge in [-0.25, -0.2) is 37.3 Å². The number of likely N-dealkylation sites (tertiary alicyclic amines) is 2. The van der Waals surface area contributed by atoms with Crippen molar-refractivity contribution < 1.29 is 26.4 Å². The summed E-state index contributed by atoms with van der Waals surface area (Å²) in [6.45, 7) is 8.41. The number of nitriles is 1. The van der Waals surface area contributed by atoms with Gasteiger partial charge in [-0.15, -0.1) is 10.2 Å². The van der Waals surface area contributed by atoms with Crippen molar-refractivity contribution in [3.05, 3.63) is 220 Å². The van der Waals surface area contributed by atoms with Crippen LogP contribution in [0.15, 0.2) is 156 Å². The van der Waals surface area contributed by atoms with Crippen LogP contribution in [-0.4, -0.2) is 67.7 Å². The van der Waals surface area contributed by atoms with Gasteiger partial charge in [0.15, 0.2) is 0 Å². The number of aromatic amines is 2. The van der Waals surface area contributed by atoms with Crippen molar-refractivity contribution in [2.75, 3.05) is 26.2 Å². The zero-order valence-electron chi connectivity index (χ0n) is 41.0. The molecule has 2 fully saturated rings. The molecule has 4 atom stereocenters. The van der Waals surface area contributed by atoms with E-state index in [1.54, 1.807) is 32.0 Å². The van der Waals surface area contributed by atoms with Crippen LogP contribution in [0.1, 0.15) is 90.6 Å². The third-order valence-electron chi connectivity index (χ3n) is 13.8. The molecular formula is C57H50BrCl2F4N7O4. The molecule has 2 aliphatic rings. The summed E-state index contributed by atoms with van der Waals surface area (Å²) >= 11 is 15.7. The first-order valence-electron chi connectivity index (χ1n) is 24.1. The van der Waals surface area contributed by atoms with E-state index in [1.165, 1.54) is 32.0 Å². The SMILES string of the molecule is CC(C)(F)[C@H](c1cc(F)cc(Br)c1)C1CN([C@@H](c2ccc(Cl)cc2)c2cccc(-c3n[nH]c(=O)o3)c2)C1.CC(C)(F)[C@H](c1cc(F)cc(C#N)c1)C1CN([C@@H](c2ccc(Cl)cc2)c2cccc(-c3n[nH]c(=O)o3)c2)C1. The minimum atomic E-state index is -1.63. The number of nitrogens with one attached hydrogen (secondary N) is 2. The van der Waals surface area contributed by atoms with Crippen LogP contribution in [0.25, 0.3) is 22.9 Å². The van der Waals surface area contributed by atoms with Crippen molar-refractivity contribution in [1.29, 1.82) is 5.26 Å². The van der Waals surface area contributed by atoms with E-state index in [1.807, 2.05) is 97.1 Å². The minimum Gasteiger partial charge on any atom is -0.388 e. The third kappa shape index (κ3) is 12.2. The Labute approximate surface area is 448 Å². The molecule has 0 unspecified atom stereocenters. The van der Waals surface area contributed by atoms with Crippen LogP contribution in [0.2, 0.25) is 10.0 Å². The van der Waals surface area contributed by atoms with Crippen LogP contribution in [0.5, 0.6) is 0 Å². The molecule has 4 heterocycles. The summed E-state index contributed by atoms with van der Waals surface area (Å²) < 4.78 is 70.4. The Morgan fingerprint density at radius 3 is 1.39 bits per heavy atom. The van der Waals surface area contributed by atoms with Crippen molar-refractivity contribution in [2.45, 2.75) is 63.0 Å². The highest BCUT2D eigenvalue weighted by Gasteiger charge is 2.47. The molecule has 2 N–H and O–H groups in total. The first-order valence-corrected chi connectivity index (χ1v) is 25.6. The maximum Gasteiger partial charge on any atom is 0.434 e. The quantitative estimate of drug-likeness (QED) is 0.102. The maximum atomic E-state index is 15.6. The monoisotopic (exact) mass is 1120 g/mol. The summed E-state index contributed by atoms with van der Waals surface area (Å²) in [6.07, 6.45) is 0. The molecule has 10 rings (SSSR count). The molecule has 2 aliphatic heterocycles. The van der Waals surface area contributed by atoms with E-state index in [4.69, 9.17) is 32.0 Å². The molecular weight excluding hydrogens is 1070 g/mol. The molecule has 11 nitrogen and oxygen atoms in total. The summed E-state index contributed by atoms with van der Waals surface area (Å²) in [7, 11) is 0. The largest absolute Gasteiger partial charge is 0.434 e. The van der Waals surface area contributed by atoms with E-state index in [2.05, 4.69) is 46.1 Å². The molecule has 0 aliphatic carbocycles. The van der Waals surface area contributed by atoms with E-state index in [0.29, 0.717) is 63.0 Å². The van der Waals surface area contributed by atoms with Gasteiger partial charge >= 0.3 is 11.5 Å². The van der Waals surface area contributed by atoms with Gasteiger partial charge in [0.1, 0.15) is 23.0 Å². The molecule has 8 aromatic rings. The Hall–Kier alpha value is -6.61. The van der Waals surface area contributed by atoms with E-state index in [0.717, 1.165) is 28.3 Å². The van der Waals surface area contributed by atoms with Crippen LogP contribution < -0.4 is 11.5 Å². The summed E-state index contributed by atoms with van der Waals surface area (Å²) in [6, 6.07) is 40.7. The van der Waals surface area contributed by atoms with Crippen molar-refractivity contribution in [2.24, 2.45) is 11.8 Å². The molecule has 0 spiro atoms. The molecule has 0 amide bonds. The number of nitrogens with zero attached hydrogens (tertiary/aromatic N) is 5. The molecule has 75 heavy (non-hydrogen) atoms. The minimum absolute atomic E-state index is 0.0176. The lowest BCUT2D eigenvalue weighted by atomic mass is 9.72. The lowest BCUT2D eigenvalue weighted by Gasteiger charge is -2.50. The topological polar surface area (TPSA) is 148 Å². The lowest BCUT2D eigenvalue weighted by Crippen LogP contribution is -2.53. The molecule has 2 aromatic heterocycles. The predicted octanol–water partition coefficient (Wildman–Crippen LogP) is 13.4. The standard InChI is InChI=1S/C29H25ClF2N4O2.C28H25BrClF2N3O2/c1-29(2,32)25(21-10-17(14-33)11-24(31)13-21)22-15-36(16-22)26(18-6-8-23(30)9-7-18)19-4-3-5-20(12-19)27-34-35-28(37)38-27;1-28(2,32)24(19-11-21(29)13-23(31)12-19)20-14-35(15-20)25(16-6-8-22(30)9-7-16)17-4-3-5-18(10-17)26-33-34-27(36)37-26/h3-13,22,25-26H,15-16H2,1-2H3,(H,35,37);3-13,20,24-25H,14-15H2,1-2H3,(H,34,36)/t25-,26+;24-,25+/m11/s1. The van der Waals surface area contributed by atoms with Gasteiger partial charge in [-0.05, 0) is 158 Å². The first kappa shape index (κ1) is 53.2. The molecule has 0 radical (unpaired) electrons. The highest BCUT2D eigenvalue weighted by molar-refractivity contribution is 9.10. The summed E-state index contributed by atoms with van der Waals surface area (Å²) in [5, 5.41) is 23.0. The molecule has 6 aromatic carbocycles. The highest BCUT2D eigenvalue weighted by atomic mass is 79.9. The fourth-order valence-corrected chi connectivity index (χ4v) is 11.7. The van der Waals surface area contributed by atoms with Crippen LogP contribution >= 0.6 is 39.1 Å². The highest BCUT2D eigenvalue weighted by Crippen LogP contribution is 2.48. The van der Waals surface area contributed by atoms with Crippen molar-refractivity contribution in [3.8, 4) is 29.0 Å². The van der Waals surface area contributed by atoms with Crippen molar-refractivity contribution in [1.82, 2.24) is 30.2 Å². The van der Waals surface area contributed by atoms with Gasteiger partial charge in [0.05, 0.1) is 23.7 Å². The average molecular weight is 1120 g/mol. The Bertz CT molecular complexity index is 3440. The predicted molar refractivity (Wildman–Crippen MR) is 283 cm³/mol. The van der Waals surface area contributed by atoms with Gasteiger partial charge in [0.2, 0.25) is 11.8 Å². The van der Waals surface area contributed by atoms with E-state index in [9.17, 15) is 23.6 Å². The summed E-state index contributed by atoms with van der Waals surface area (Å²) in [4.78, 5) is 27.4. The Morgan fingerprint density at radius 2 is 1.01 bits per heavy atom. The molecule has 18 heteroatoms.